The molecule has 0 unspecified atom stereocenters. The summed E-state index contributed by atoms with van der Waals surface area (Å²) in [5.41, 5.74) is 7.63. The molecule has 0 aliphatic rings. The van der Waals surface area contributed by atoms with E-state index in [2.05, 4.69) is 10.6 Å². The van der Waals surface area contributed by atoms with Crippen molar-refractivity contribution in [2.75, 3.05) is 12.0 Å². The summed E-state index contributed by atoms with van der Waals surface area (Å²) in [5.74, 6) is -0.790. The highest BCUT2D eigenvalue weighted by molar-refractivity contribution is 6.21. The van der Waals surface area contributed by atoms with Crippen molar-refractivity contribution in [3.05, 3.63) is 65.7 Å². The van der Waals surface area contributed by atoms with Crippen LogP contribution in [0.4, 0.5) is 5.69 Å². The second-order valence-electron chi connectivity index (χ2n) is 4.99. The molecule has 0 heterocycles. The molecular weight excluding hydrogens is 320 g/mol. The Morgan fingerprint density at radius 1 is 1.16 bits per heavy atom. The third-order valence-corrected chi connectivity index (χ3v) is 3.15. The van der Waals surface area contributed by atoms with Gasteiger partial charge in [-0.25, -0.2) is 4.79 Å². The van der Waals surface area contributed by atoms with E-state index in [0.29, 0.717) is 23.2 Å². The lowest BCUT2D eigenvalue weighted by atomic mass is 10.0. The molecule has 0 atom stereocenters. The molecule has 2 rings (SSSR count). The predicted octanol–water partition coefficient (Wildman–Crippen LogP) is 1.78. The number of guanidine groups is 1. The zero-order valence-corrected chi connectivity index (χ0v) is 13.4. The number of nitrogens with two attached hydrogens (primary N) is 1. The minimum Gasteiger partial charge on any atom is -0.441 e. The fourth-order valence-corrected chi connectivity index (χ4v) is 2.12. The van der Waals surface area contributed by atoms with Gasteiger partial charge in [-0.05, 0) is 29.3 Å². The number of esters is 1. The molecule has 0 aromatic heterocycles. The molecule has 0 fully saturated rings. The lowest BCUT2D eigenvalue weighted by Gasteiger charge is -2.11. The summed E-state index contributed by atoms with van der Waals surface area (Å²) < 4.78 is 5.06. The van der Waals surface area contributed by atoms with Crippen LogP contribution < -0.4 is 16.4 Å². The number of nitrogens with one attached hydrogen (secondary N) is 3. The number of anilines is 1. The van der Waals surface area contributed by atoms with Crippen molar-refractivity contribution in [3.8, 4) is 0 Å². The van der Waals surface area contributed by atoms with Crippen molar-refractivity contribution < 1.29 is 14.3 Å². The summed E-state index contributed by atoms with van der Waals surface area (Å²) in [6.45, 7) is -0.222. The summed E-state index contributed by atoms with van der Waals surface area (Å²) in [6.07, 6.45) is 2.14. The van der Waals surface area contributed by atoms with Crippen LogP contribution in [0.15, 0.2) is 54.6 Å². The van der Waals surface area contributed by atoms with Crippen molar-refractivity contribution in [2.45, 2.75) is 0 Å². The van der Waals surface area contributed by atoms with Crippen molar-refractivity contribution in [1.29, 1.82) is 5.41 Å². The Balaban J connectivity index is 2.37. The molecule has 25 heavy (non-hydrogen) atoms. The minimum atomic E-state index is -0.585. The summed E-state index contributed by atoms with van der Waals surface area (Å²) in [7, 11) is 0. The molecule has 0 aliphatic heterocycles. The first-order valence-corrected chi connectivity index (χ1v) is 7.42. The third-order valence-electron chi connectivity index (χ3n) is 3.15. The lowest BCUT2D eigenvalue weighted by molar-refractivity contribution is -0.137. The smallest absolute Gasteiger partial charge is 0.340 e. The standard InChI is InChI=1S/C18H18N4O3/c19-18(20)22-15-8-4-7-14(10-15)16(17(24)25-12-21-11-23)9-13-5-2-1-3-6-13/h1-11H,12H2,(H,21,23)(H4,19,20,22). The van der Waals surface area contributed by atoms with Gasteiger partial charge in [0.1, 0.15) is 0 Å². The highest BCUT2D eigenvalue weighted by Crippen LogP contribution is 2.23. The molecule has 7 nitrogen and oxygen atoms in total. The molecule has 1 amide bonds. The van der Waals surface area contributed by atoms with Crippen LogP contribution in [-0.4, -0.2) is 25.1 Å². The van der Waals surface area contributed by atoms with Crippen LogP contribution >= 0.6 is 0 Å². The van der Waals surface area contributed by atoms with Crippen LogP contribution in [0, 0.1) is 5.41 Å². The Morgan fingerprint density at radius 2 is 1.92 bits per heavy atom. The molecule has 0 spiro atoms. The van der Waals surface area contributed by atoms with Crippen LogP contribution in [0.5, 0.6) is 0 Å². The molecule has 0 saturated carbocycles. The fraction of sp³-hybridized carbons (Fsp3) is 0.0556. The zero-order chi connectivity index (χ0) is 18.1. The van der Waals surface area contributed by atoms with Crippen LogP contribution in [0.3, 0.4) is 0 Å². The first kappa shape index (κ1) is 17.7. The number of ether oxygens (including phenoxy) is 1. The van der Waals surface area contributed by atoms with E-state index in [1.54, 1.807) is 30.3 Å². The van der Waals surface area contributed by atoms with E-state index < -0.39 is 5.97 Å². The van der Waals surface area contributed by atoms with Crippen LogP contribution in [0.1, 0.15) is 11.1 Å². The third kappa shape index (κ3) is 5.51. The number of hydrogen-bond donors (Lipinski definition) is 4. The number of benzene rings is 2. The van der Waals surface area contributed by atoms with Crippen molar-refractivity contribution in [3.63, 3.8) is 0 Å². The second-order valence-corrected chi connectivity index (χ2v) is 4.99. The van der Waals surface area contributed by atoms with Gasteiger partial charge in [0.2, 0.25) is 6.41 Å². The van der Waals surface area contributed by atoms with Gasteiger partial charge in [0, 0.05) is 5.69 Å². The van der Waals surface area contributed by atoms with Gasteiger partial charge in [-0.3, -0.25) is 10.2 Å². The monoisotopic (exact) mass is 338 g/mol. The van der Waals surface area contributed by atoms with E-state index >= 15 is 0 Å². The van der Waals surface area contributed by atoms with Gasteiger partial charge in [-0.2, -0.15) is 0 Å². The number of carbonyl (C=O) groups is 2. The van der Waals surface area contributed by atoms with Crippen LogP contribution in [0.25, 0.3) is 11.6 Å². The van der Waals surface area contributed by atoms with Gasteiger partial charge in [-0.15, -0.1) is 0 Å². The van der Waals surface area contributed by atoms with Gasteiger partial charge >= 0.3 is 5.97 Å². The maximum Gasteiger partial charge on any atom is 0.340 e. The number of carbonyl (C=O) groups excluding carboxylic acids is 2. The topological polar surface area (TPSA) is 117 Å². The Labute approximate surface area is 145 Å². The summed E-state index contributed by atoms with van der Waals surface area (Å²) >= 11 is 0. The van der Waals surface area contributed by atoms with E-state index in [-0.39, 0.29) is 12.7 Å². The average Bonchev–Trinajstić information content (AvgIpc) is 2.60. The molecule has 128 valence electrons. The van der Waals surface area contributed by atoms with E-state index in [4.69, 9.17) is 15.9 Å². The molecular formula is C18H18N4O3. The van der Waals surface area contributed by atoms with Gasteiger partial charge in [0.05, 0.1) is 5.57 Å². The molecule has 2 aromatic carbocycles. The predicted molar refractivity (Wildman–Crippen MR) is 96.5 cm³/mol. The first-order valence-electron chi connectivity index (χ1n) is 7.42. The summed E-state index contributed by atoms with van der Waals surface area (Å²) in [4.78, 5) is 22.7. The largest absolute Gasteiger partial charge is 0.441 e. The summed E-state index contributed by atoms with van der Waals surface area (Å²) in [5, 5.41) is 12.3. The maximum absolute atomic E-state index is 12.4. The van der Waals surface area contributed by atoms with Gasteiger partial charge in [-0.1, -0.05) is 42.5 Å². The highest BCUT2D eigenvalue weighted by atomic mass is 16.5. The molecule has 0 bridgehead atoms. The molecule has 5 N–H and O–H groups in total. The zero-order valence-electron chi connectivity index (χ0n) is 13.4. The number of rotatable bonds is 7. The van der Waals surface area contributed by atoms with Crippen molar-refractivity contribution in [2.24, 2.45) is 5.73 Å². The van der Waals surface area contributed by atoms with E-state index in [9.17, 15) is 9.59 Å². The van der Waals surface area contributed by atoms with Crippen molar-refractivity contribution >= 4 is 35.7 Å². The SMILES string of the molecule is N=C(N)Nc1cccc(C(=Cc2ccccc2)C(=O)OCNC=O)c1. The van der Waals surface area contributed by atoms with Gasteiger partial charge in [0.15, 0.2) is 12.7 Å². The number of amides is 1. The van der Waals surface area contributed by atoms with E-state index in [0.717, 1.165) is 5.56 Å². The van der Waals surface area contributed by atoms with Gasteiger partial charge < -0.3 is 21.1 Å². The minimum absolute atomic E-state index is 0.205. The van der Waals surface area contributed by atoms with Crippen LogP contribution in [-0.2, 0) is 14.3 Å². The fourth-order valence-electron chi connectivity index (χ4n) is 2.12. The quantitative estimate of drug-likeness (QED) is 0.0897. The highest BCUT2D eigenvalue weighted by Gasteiger charge is 2.14. The Bertz CT molecular complexity index is 788. The Kier molecular flexibility index (Phi) is 6.30. The molecule has 0 aliphatic carbocycles. The molecule has 0 saturated heterocycles. The average molecular weight is 338 g/mol. The molecule has 0 radical (unpaired) electrons. The molecule has 2 aromatic rings. The Morgan fingerprint density at radius 3 is 2.60 bits per heavy atom. The van der Waals surface area contributed by atoms with E-state index in [1.165, 1.54) is 0 Å². The summed E-state index contributed by atoms with van der Waals surface area (Å²) in [6, 6.07) is 16.2. The van der Waals surface area contributed by atoms with Crippen molar-refractivity contribution in [1.82, 2.24) is 5.32 Å². The van der Waals surface area contributed by atoms with Crippen LogP contribution in [0.2, 0.25) is 0 Å². The molecule has 7 heteroatoms. The lowest BCUT2D eigenvalue weighted by Crippen LogP contribution is -2.21. The number of hydrogen-bond acceptors (Lipinski definition) is 4. The normalized spacial score (nSPS) is 10.6. The first-order chi connectivity index (χ1) is 12.1. The second kappa shape index (κ2) is 8.88. The van der Waals surface area contributed by atoms with Gasteiger partial charge in [0.25, 0.3) is 0 Å². The maximum atomic E-state index is 12.4. The Hall–Kier alpha value is -3.61. The van der Waals surface area contributed by atoms with E-state index in [1.807, 2.05) is 30.3 Å².